The summed E-state index contributed by atoms with van der Waals surface area (Å²) in [6.07, 6.45) is 1.70. The molecule has 9 heteroatoms. The predicted octanol–water partition coefficient (Wildman–Crippen LogP) is 1.13. The molecule has 3 rings (SSSR count). The van der Waals surface area contributed by atoms with Crippen LogP contribution in [0.2, 0.25) is 0 Å². The lowest BCUT2D eigenvalue weighted by molar-refractivity contribution is -0.384. The number of benzene rings is 1. The monoisotopic (exact) mass is 348 g/mol. The Bertz CT molecular complexity index is 924. The summed E-state index contributed by atoms with van der Waals surface area (Å²) in [5, 5.41) is 11.2. The number of hydrogen-bond donors (Lipinski definition) is 2. The highest BCUT2D eigenvalue weighted by molar-refractivity contribution is 5.80. The van der Waals surface area contributed by atoms with Crippen molar-refractivity contribution in [3.05, 3.63) is 48.5 Å². The normalized spacial score (nSPS) is 17.7. The van der Waals surface area contributed by atoms with E-state index in [4.69, 9.17) is 4.74 Å². The summed E-state index contributed by atoms with van der Waals surface area (Å²) in [4.78, 5) is 41.0. The molecular weight excluding hydrogens is 328 g/mol. The molecule has 0 amide bonds. The molecule has 0 spiro atoms. The number of nitrogens with zero attached hydrogens (tertiary/aromatic N) is 2. The SMILES string of the molecule is COC1(C)CCN(Cc2cc([N+](=O)[O-])cc3[nH]c(=O)c(=O)[nH]c23)CC1. The Morgan fingerprint density at radius 3 is 2.48 bits per heavy atom. The van der Waals surface area contributed by atoms with E-state index in [1.807, 2.05) is 0 Å². The lowest BCUT2D eigenvalue weighted by Crippen LogP contribution is -2.43. The first-order chi connectivity index (χ1) is 11.8. The van der Waals surface area contributed by atoms with E-state index in [-0.39, 0.29) is 16.8 Å². The number of H-pyrrole nitrogens is 2. The maximum atomic E-state index is 11.7. The van der Waals surface area contributed by atoms with Crippen molar-refractivity contribution in [2.24, 2.45) is 0 Å². The molecule has 0 bridgehead atoms. The Morgan fingerprint density at radius 2 is 1.88 bits per heavy atom. The smallest absolute Gasteiger partial charge is 0.314 e. The third-order valence-electron chi connectivity index (χ3n) is 4.91. The number of non-ortho nitro benzene ring substituents is 1. The standard InChI is InChI=1S/C16H20N4O5/c1-16(25-2)3-5-19(6-4-16)9-10-7-11(20(23)24)8-12-13(10)18-15(22)14(21)17-12/h7-8H,3-6,9H2,1-2H3,(H,17,21)(H,18,22). The Kier molecular flexibility index (Phi) is 4.44. The van der Waals surface area contributed by atoms with Crippen LogP contribution in [0, 0.1) is 10.1 Å². The van der Waals surface area contributed by atoms with Crippen LogP contribution < -0.4 is 11.1 Å². The maximum absolute atomic E-state index is 11.7. The summed E-state index contributed by atoms with van der Waals surface area (Å²) < 4.78 is 5.52. The summed E-state index contributed by atoms with van der Waals surface area (Å²) in [5.41, 5.74) is -0.577. The van der Waals surface area contributed by atoms with Crippen molar-refractivity contribution < 1.29 is 9.66 Å². The van der Waals surface area contributed by atoms with Gasteiger partial charge < -0.3 is 14.7 Å². The summed E-state index contributed by atoms with van der Waals surface area (Å²) in [6.45, 7) is 4.07. The van der Waals surface area contributed by atoms with Gasteiger partial charge in [0.25, 0.3) is 5.69 Å². The largest absolute Gasteiger partial charge is 0.378 e. The van der Waals surface area contributed by atoms with Crippen LogP contribution in [-0.4, -0.2) is 45.6 Å². The number of aromatic amines is 2. The number of nitrogens with one attached hydrogen (secondary N) is 2. The Morgan fingerprint density at radius 1 is 1.24 bits per heavy atom. The number of hydrogen-bond acceptors (Lipinski definition) is 6. The van der Waals surface area contributed by atoms with Crippen LogP contribution in [0.1, 0.15) is 25.3 Å². The van der Waals surface area contributed by atoms with Gasteiger partial charge in [-0.3, -0.25) is 24.6 Å². The zero-order valence-corrected chi connectivity index (χ0v) is 14.1. The van der Waals surface area contributed by atoms with Gasteiger partial charge in [-0.15, -0.1) is 0 Å². The molecule has 0 atom stereocenters. The van der Waals surface area contributed by atoms with Crippen molar-refractivity contribution in [3.8, 4) is 0 Å². The molecule has 1 aromatic heterocycles. The van der Waals surface area contributed by atoms with Crippen LogP contribution in [0.15, 0.2) is 21.7 Å². The van der Waals surface area contributed by atoms with Crippen LogP contribution in [0.4, 0.5) is 5.69 Å². The zero-order valence-electron chi connectivity index (χ0n) is 14.1. The van der Waals surface area contributed by atoms with Gasteiger partial charge in [-0.1, -0.05) is 0 Å². The van der Waals surface area contributed by atoms with E-state index >= 15 is 0 Å². The van der Waals surface area contributed by atoms with Crippen molar-refractivity contribution in [2.45, 2.75) is 31.9 Å². The van der Waals surface area contributed by atoms with Gasteiger partial charge in [-0.2, -0.15) is 0 Å². The topological polar surface area (TPSA) is 121 Å². The summed E-state index contributed by atoms with van der Waals surface area (Å²) >= 11 is 0. The van der Waals surface area contributed by atoms with Gasteiger partial charge >= 0.3 is 11.1 Å². The molecule has 0 saturated carbocycles. The lowest BCUT2D eigenvalue weighted by atomic mass is 9.93. The van der Waals surface area contributed by atoms with Gasteiger partial charge in [0.1, 0.15) is 0 Å². The second-order valence-electron chi connectivity index (χ2n) is 6.62. The van der Waals surface area contributed by atoms with E-state index in [0.29, 0.717) is 17.6 Å². The molecule has 0 aliphatic carbocycles. The minimum Gasteiger partial charge on any atom is -0.378 e. The van der Waals surface area contributed by atoms with Gasteiger partial charge in [0, 0.05) is 38.9 Å². The molecule has 2 N–H and O–H groups in total. The number of rotatable bonds is 4. The number of nitro benzene ring substituents is 1. The Labute approximate surface area is 142 Å². The first-order valence-corrected chi connectivity index (χ1v) is 8.02. The molecule has 1 saturated heterocycles. The number of piperidine rings is 1. The van der Waals surface area contributed by atoms with E-state index in [1.165, 1.54) is 12.1 Å². The van der Waals surface area contributed by atoms with Crippen LogP contribution in [-0.2, 0) is 11.3 Å². The summed E-state index contributed by atoms with van der Waals surface area (Å²) in [5.74, 6) is 0. The number of nitro groups is 1. The van der Waals surface area contributed by atoms with E-state index in [0.717, 1.165) is 25.9 Å². The van der Waals surface area contributed by atoms with Crippen molar-refractivity contribution in [1.29, 1.82) is 0 Å². The zero-order chi connectivity index (χ0) is 18.2. The third-order valence-corrected chi connectivity index (χ3v) is 4.91. The molecule has 0 radical (unpaired) electrons. The number of likely N-dealkylation sites (tertiary alicyclic amines) is 1. The number of aromatic nitrogens is 2. The number of methoxy groups -OCH3 is 1. The lowest BCUT2D eigenvalue weighted by Gasteiger charge is -2.38. The maximum Gasteiger partial charge on any atom is 0.314 e. The quantitative estimate of drug-likeness (QED) is 0.485. The highest BCUT2D eigenvalue weighted by Gasteiger charge is 2.30. The molecule has 1 fully saturated rings. The van der Waals surface area contributed by atoms with E-state index < -0.39 is 16.0 Å². The fourth-order valence-corrected chi connectivity index (χ4v) is 3.14. The van der Waals surface area contributed by atoms with Gasteiger partial charge in [-0.25, -0.2) is 0 Å². The fraction of sp³-hybridized carbons (Fsp3) is 0.500. The van der Waals surface area contributed by atoms with Crippen molar-refractivity contribution in [3.63, 3.8) is 0 Å². The number of ether oxygens (including phenoxy) is 1. The first-order valence-electron chi connectivity index (χ1n) is 8.02. The van der Waals surface area contributed by atoms with Gasteiger partial charge in [0.05, 0.1) is 21.6 Å². The molecule has 1 aromatic carbocycles. The Balaban J connectivity index is 1.97. The second-order valence-corrected chi connectivity index (χ2v) is 6.62. The second kappa shape index (κ2) is 6.41. The first kappa shape index (κ1) is 17.3. The van der Waals surface area contributed by atoms with E-state index in [9.17, 15) is 19.7 Å². The molecule has 2 heterocycles. The third kappa shape index (κ3) is 3.47. The minimum absolute atomic E-state index is 0.121. The van der Waals surface area contributed by atoms with Gasteiger partial charge in [0.15, 0.2) is 0 Å². The minimum atomic E-state index is -0.826. The van der Waals surface area contributed by atoms with E-state index in [1.54, 1.807) is 7.11 Å². The van der Waals surface area contributed by atoms with Crippen molar-refractivity contribution in [2.75, 3.05) is 20.2 Å². The van der Waals surface area contributed by atoms with Gasteiger partial charge in [-0.05, 0) is 25.3 Å². The molecule has 1 aliphatic rings. The van der Waals surface area contributed by atoms with Crippen LogP contribution in [0.3, 0.4) is 0 Å². The molecule has 25 heavy (non-hydrogen) atoms. The molecular formula is C16H20N4O5. The molecule has 134 valence electrons. The predicted molar refractivity (Wildman–Crippen MR) is 91.8 cm³/mol. The summed E-state index contributed by atoms with van der Waals surface area (Å²) in [6, 6.07) is 2.70. The highest BCUT2D eigenvalue weighted by Crippen LogP contribution is 2.28. The van der Waals surface area contributed by atoms with Crippen molar-refractivity contribution in [1.82, 2.24) is 14.9 Å². The average molecular weight is 348 g/mol. The van der Waals surface area contributed by atoms with Crippen LogP contribution >= 0.6 is 0 Å². The Hall–Kier alpha value is -2.52. The number of fused-ring (bicyclic) bond motifs is 1. The molecule has 9 nitrogen and oxygen atoms in total. The van der Waals surface area contributed by atoms with Gasteiger partial charge in [0.2, 0.25) is 0 Å². The highest BCUT2D eigenvalue weighted by atomic mass is 16.6. The molecule has 0 unspecified atom stereocenters. The van der Waals surface area contributed by atoms with Crippen LogP contribution in [0.25, 0.3) is 11.0 Å². The fourth-order valence-electron chi connectivity index (χ4n) is 3.14. The van der Waals surface area contributed by atoms with Crippen LogP contribution in [0.5, 0.6) is 0 Å². The summed E-state index contributed by atoms with van der Waals surface area (Å²) in [7, 11) is 1.70. The average Bonchev–Trinajstić information content (AvgIpc) is 2.58. The molecule has 2 aromatic rings. The van der Waals surface area contributed by atoms with E-state index in [2.05, 4.69) is 21.8 Å². The van der Waals surface area contributed by atoms with Crippen molar-refractivity contribution >= 4 is 16.7 Å². The molecule has 1 aliphatic heterocycles.